The SMILES string of the molecule is O=C(O)CONc1nc(C2CC2)ns1. The number of nitrogens with one attached hydrogen (secondary N) is 1. The molecule has 1 fully saturated rings. The normalized spacial score (nSPS) is 15.4. The Balaban J connectivity index is 1.80. The highest BCUT2D eigenvalue weighted by Crippen LogP contribution is 2.39. The van der Waals surface area contributed by atoms with E-state index in [4.69, 9.17) is 5.11 Å². The zero-order chi connectivity index (χ0) is 9.97. The molecule has 0 amide bonds. The molecule has 0 aliphatic heterocycles. The smallest absolute Gasteiger partial charge is 0.332 e. The van der Waals surface area contributed by atoms with Gasteiger partial charge in [-0.15, -0.1) is 0 Å². The maximum absolute atomic E-state index is 10.1. The molecule has 14 heavy (non-hydrogen) atoms. The van der Waals surface area contributed by atoms with Crippen molar-refractivity contribution in [2.24, 2.45) is 0 Å². The predicted molar refractivity (Wildman–Crippen MR) is 49.1 cm³/mol. The fraction of sp³-hybridized carbons (Fsp3) is 0.571. The number of rotatable bonds is 5. The Hall–Kier alpha value is -1.21. The third kappa shape index (κ3) is 2.39. The summed E-state index contributed by atoms with van der Waals surface area (Å²) >= 11 is 1.18. The Labute approximate surface area is 84.0 Å². The van der Waals surface area contributed by atoms with Gasteiger partial charge in [0.25, 0.3) is 0 Å². The Morgan fingerprint density at radius 3 is 3.14 bits per heavy atom. The highest BCUT2D eigenvalue weighted by Gasteiger charge is 2.27. The second kappa shape index (κ2) is 3.89. The zero-order valence-electron chi connectivity index (χ0n) is 7.27. The summed E-state index contributed by atoms with van der Waals surface area (Å²) in [6, 6.07) is 0. The van der Waals surface area contributed by atoms with Crippen LogP contribution in [0.4, 0.5) is 5.13 Å². The molecule has 0 unspecified atom stereocenters. The molecule has 1 saturated carbocycles. The molecule has 0 bridgehead atoms. The number of aromatic nitrogens is 2. The van der Waals surface area contributed by atoms with Gasteiger partial charge < -0.3 is 5.11 Å². The largest absolute Gasteiger partial charge is 0.479 e. The number of nitrogens with zero attached hydrogens (tertiary/aromatic N) is 2. The van der Waals surface area contributed by atoms with E-state index < -0.39 is 12.6 Å². The van der Waals surface area contributed by atoms with Gasteiger partial charge in [0.1, 0.15) is 5.82 Å². The van der Waals surface area contributed by atoms with Gasteiger partial charge in [-0.25, -0.2) is 15.3 Å². The molecule has 1 heterocycles. The lowest BCUT2D eigenvalue weighted by Gasteiger charge is -1.98. The maximum atomic E-state index is 10.1. The third-order valence-electron chi connectivity index (χ3n) is 1.74. The van der Waals surface area contributed by atoms with Crippen LogP contribution in [0.2, 0.25) is 0 Å². The molecular weight excluding hydrogens is 206 g/mol. The fourth-order valence-electron chi connectivity index (χ4n) is 0.943. The monoisotopic (exact) mass is 215 g/mol. The van der Waals surface area contributed by atoms with Crippen molar-refractivity contribution >= 4 is 22.6 Å². The third-order valence-corrected chi connectivity index (χ3v) is 2.37. The predicted octanol–water partition coefficient (Wildman–Crippen LogP) is 0.844. The first-order valence-corrected chi connectivity index (χ1v) is 4.96. The number of hydrogen-bond donors (Lipinski definition) is 2. The number of carboxylic acids is 1. The van der Waals surface area contributed by atoms with Gasteiger partial charge in [0, 0.05) is 17.5 Å². The van der Waals surface area contributed by atoms with E-state index in [0.717, 1.165) is 18.7 Å². The minimum absolute atomic E-state index is 0.391. The second-order valence-electron chi connectivity index (χ2n) is 3.02. The quantitative estimate of drug-likeness (QED) is 0.708. The standard InChI is InChI=1S/C7H9N3O3S/c11-5(12)3-13-9-7-8-6(10-14-7)4-1-2-4/h4H,1-3H2,(H,11,12)(H,8,9,10). The summed E-state index contributed by atoms with van der Waals surface area (Å²) in [5.41, 5.74) is 2.44. The van der Waals surface area contributed by atoms with Crippen LogP contribution in [0.1, 0.15) is 24.6 Å². The molecule has 1 aromatic rings. The van der Waals surface area contributed by atoms with Gasteiger partial charge in [-0.05, 0) is 12.8 Å². The van der Waals surface area contributed by atoms with Crippen molar-refractivity contribution in [1.82, 2.24) is 9.36 Å². The minimum atomic E-state index is -1.02. The number of hydrogen-bond acceptors (Lipinski definition) is 6. The lowest BCUT2D eigenvalue weighted by Crippen LogP contribution is -2.11. The lowest BCUT2D eigenvalue weighted by molar-refractivity contribution is -0.141. The van der Waals surface area contributed by atoms with Crippen LogP contribution in [-0.4, -0.2) is 27.0 Å². The van der Waals surface area contributed by atoms with Crippen LogP contribution in [-0.2, 0) is 9.63 Å². The molecule has 0 saturated heterocycles. The summed E-state index contributed by atoms with van der Waals surface area (Å²) in [6.45, 7) is -0.391. The van der Waals surface area contributed by atoms with E-state index >= 15 is 0 Å². The zero-order valence-corrected chi connectivity index (χ0v) is 8.08. The van der Waals surface area contributed by atoms with Crippen LogP contribution in [0, 0.1) is 0 Å². The topological polar surface area (TPSA) is 84.3 Å². The van der Waals surface area contributed by atoms with Gasteiger partial charge in [0.05, 0.1) is 0 Å². The molecule has 7 heteroatoms. The van der Waals surface area contributed by atoms with E-state index in [9.17, 15) is 4.79 Å². The van der Waals surface area contributed by atoms with Crippen molar-refractivity contribution in [3.63, 3.8) is 0 Å². The van der Waals surface area contributed by atoms with Gasteiger partial charge >= 0.3 is 5.97 Å². The van der Waals surface area contributed by atoms with Crippen LogP contribution in [0.5, 0.6) is 0 Å². The molecule has 0 spiro atoms. The second-order valence-corrected chi connectivity index (χ2v) is 3.77. The summed E-state index contributed by atoms with van der Waals surface area (Å²) in [6.07, 6.45) is 2.29. The van der Waals surface area contributed by atoms with E-state index in [1.54, 1.807) is 0 Å². The summed E-state index contributed by atoms with van der Waals surface area (Å²) in [4.78, 5) is 18.9. The average molecular weight is 215 g/mol. The fourth-order valence-corrected chi connectivity index (χ4v) is 1.54. The summed E-state index contributed by atoms with van der Waals surface area (Å²) in [5.74, 6) is 0.308. The molecule has 1 aromatic heterocycles. The van der Waals surface area contributed by atoms with Crippen LogP contribution in [0.3, 0.4) is 0 Å². The Morgan fingerprint density at radius 1 is 1.71 bits per heavy atom. The van der Waals surface area contributed by atoms with Crippen molar-refractivity contribution < 1.29 is 14.7 Å². The van der Waals surface area contributed by atoms with Gasteiger partial charge in [0.2, 0.25) is 5.13 Å². The van der Waals surface area contributed by atoms with Crippen molar-refractivity contribution in [2.75, 3.05) is 12.1 Å². The van der Waals surface area contributed by atoms with Crippen LogP contribution >= 0.6 is 11.5 Å². The van der Waals surface area contributed by atoms with E-state index in [1.807, 2.05) is 0 Å². The molecule has 1 aliphatic carbocycles. The van der Waals surface area contributed by atoms with E-state index in [2.05, 4.69) is 19.7 Å². The van der Waals surface area contributed by atoms with E-state index in [-0.39, 0.29) is 0 Å². The first-order chi connectivity index (χ1) is 6.75. The molecule has 1 aliphatic rings. The first-order valence-electron chi connectivity index (χ1n) is 4.19. The highest BCUT2D eigenvalue weighted by molar-refractivity contribution is 7.09. The molecule has 2 rings (SSSR count). The number of anilines is 1. The van der Waals surface area contributed by atoms with Crippen LogP contribution in [0.25, 0.3) is 0 Å². The molecule has 76 valence electrons. The first kappa shape index (κ1) is 9.35. The lowest BCUT2D eigenvalue weighted by atomic mass is 10.4. The molecule has 0 aromatic carbocycles. The number of carbonyl (C=O) groups is 1. The van der Waals surface area contributed by atoms with Crippen molar-refractivity contribution in [1.29, 1.82) is 0 Å². The van der Waals surface area contributed by atoms with Crippen molar-refractivity contribution in [3.8, 4) is 0 Å². The summed E-state index contributed by atoms with van der Waals surface area (Å²) < 4.78 is 4.12. The Bertz CT molecular complexity index is 337. The van der Waals surface area contributed by atoms with Gasteiger partial charge in [-0.1, -0.05) is 0 Å². The number of aliphatic carboxylic acids is 1. The maximum Gasteiger partial charge on any atom is 0.332 e. The van der Waals surface area contributed by atoms with Gasteiger partial charge in [-0.2, -0.15) is 4.37 Å². The number of carboxylic acid groups (broad SMARTS) is 1. The molecule has 0 radical (unpaired) electrons. The van der Waals surface area contributed by atoms with E-state index in [1.165, 1.54) is 11.5 Å². The molecular formula is C7H9N3O3S. The highest BCUT2D eigenvalue weighted by atomic mass is 32.1. The molecule has 0 atom stereocenters. The molecule has 2 N–H and O–H groups in total. The Kier molecular flexibility index (Phi) is 2.60. The molecule has 6 nitrogen and oxygen atoms in total. The Morgan fingerprint density at radius 2 is 2.50 bits per heavy atom. The van der Waals surface area contributed by atoms with Crippen LogP contribution < -0.4 is 5.48 Å². The average Bonchev–Trinajstić information content (AvgIpc) is 2.87. The van der Waals surface area contributed by atoms with Crippen molar-refractivity contribution in [3.05, 3.63) is 5.82 Å². The van der Waals surface area contributed by atoms with Crippen molar-refractivity contribution in [2.45, 2.75) is 18.8 Å². The minimum Gasteiger partial charge on any atom is -0.479 e. The van der Waals surface area contributed by atoms with Crippen LogP contribution in [0.15, 0.2) is 0 Å². The van der Waals surface area contributed by atoms with E-state index in [0.29, 0.717) is 11.0 Å². The van der Waals surface area contributed by atoms with Gasteiger partial charge in [0.15, 0.2) is 6.61 Å². The summed E-state index contributed by atoms with van der Waals surface area (Å²) in [7, 11) is 0. The van der Waals surface area contributed by atoms with Gasteiger partial charge in [-0.3, -0.25) is 4.84 Å². The summed E-state index contributed by atoms with van der Waals surface area (Å²) in [5, 5.41) is 8.80.